The standard InChI is InChI=1S/C27H29Cl2N3O4/c1-16(2)13-23(31-26(33)17(3)36-25-12-10-19(28)14-22(25)29)27(34)32-30-15-21-20-8-6-5-7-18(20)9-11-24(21)35-4/h5-12,14-17,23H,13H2,1-4H3,(H,31,33)(H,32,34)/b30-15-/t17-,23+/m1/s1. The van der Waals surface area contributed by atoms with Crippen molar-refractivity contribution >= 4 is 52.0 Å². The van der Waals surface area contributed by atoms with E-state index in [0.29, 0.717) is 22.9 Å². The van der Waals surface area contributed by atoms with Gasteiger partial charge in [0, 0.05) is 10.6 Å². The summed E-state index contributed by atoms with van der Waals surface area (Å²) < 4.78 is 11.1. The number of carbonyl (C=O) groups is 2. The molecule has 3 rings (SSSR count). The van der Waals surface area contributed by atoms with Gasteiger partial charge in [-0.25, -0.2) is 5.43 Å². The number of methoxy groups -OCH3 is 1. The molecule has 0 aromatic heterocycles. The first-order chi connectivity index (χ1) is 17.2. The third kappa shape index (κ3) is 7.12. The van der Waals surface area contributed by atoms with Crippen LogP contribution < -0.4 is 20.2 Å². The van der Waals surface area contributed by atoms with E-state index in [1.165, 1.54) is 6.07 Å². The molecule has 190 valence electrons. The Morgan fingerprint density at radius 3 is 2.42 bits per heavy atom. The first-order valence-corrected chi connectivity index (χ1v) is 12.3. The molecule has 0 bridgehead atoms. The molecule has 0 saturated carbocycles. The molecular formula is C27H29Cl2N3O4. The number of benzene rings is 3. The minimum atomic E-state index is -0.894. The normalized spacial score (nSPS) is 13.0. The Morgan fingerprint density at radius 2 is 1.72 bits per heavy atom. The maximum absolute atomic E-state index is 12.9. The van der Waals surface area contributed by atoms with Crippen molar-refractivity contribution in [2.75, 3.05) is 7.11 Å². The lowest BCUT2D eigenvalue weighted by molar-refractivity contribution is -0.132. The summed E-state index contributed by atoms with van der Waals surface area (Å²) in [6.07, 6.45) is 1.07. The predicted octanol–water partition coefficient (Wildman–Crippen LogP) is 5.60. The van der Waals surface area contributed by atoms with E-state index in [0.717, 1.165) is 16.3 Å². The Morgan fingerprint density at radius 1 is 1.00 bits per heavy atom. The van der Waals surface area contributed by atoms with Gasteiger partial charge in [-0.1, -0.05) is 67.4 Å². The average Bonchev–Trinajstić information content (AvgIpc) is 2.84. The van der Waals surface area contributed by atoms with Crippen LogP contribution in [0.5, 0.6) is 11.5 Å². The third-order valence-electron chi connectivity index (χ3n) is 5.43. The minimum absolute atomic E-state index is 0.144. The predicted molar refractivity (Wildman–Crippen MR) is 144 cm³/mol. The molecule has 0 radical (unpaired) electrons. The maximum atomic E-state index is 12.9. The van der Waals surface area contributed by atoms with Crippen LogP contribution in [0.4, 0.5) is 0 Å². The fraction of sp³-hybridized carbons (Fsp3) is 0.296. The Bertz CT molecular complexity index is 1260. The molecule has 0 spiro atoms. The summed E-state index contributed by atoms with van der Waals surface area (Å²) in [6.45, 7) is 5.50. The molecule has 0 fully saturated rings. The number of hydrogen-bond acceptors (Lipinski definition) is 5. The van der Waals surface area contributed by atoms with Gasteiger partial charge >= 0.3 is 0 Å². The highest BCUT2D eigenvalue weighted by molar-refractivity contribution is 6.35. The molecule has 0 saturated heterocycles. The van der Waals surface area contributed by atoms with E-state index < -0.39 is 24.0 Å². The van der Waals surface area contributed by atoms with Crippen molar-refractivity contribution < 1.29 is 19.1 Å². The fourth-order valence-electron chi connectivity index (χ4n) is 3.63. The van der Waals surface area contributed by atoms with E-state index in [1.54, 1.807) is 32.4 Å². The quantitative estimate of drug-likeness (QED) is 0.264. The van der Waals surface area contributed by atoms with Crippen LogP contribution in [-0.4, -0.2) is 37.3 Å². The number of halogens is 2. The lowest BCUT2D eigenvalue weighted by Gasteiger charge is -2.22. The molecule has 2 N–H and O–H groups in total. The van der Waals surface area contributed by atoms with E-state index in [-0.39, 0.29) is 10.9 Å². The topological polar surface area (TPSA) is 89.0 Å². The van der Waals surface area contributed by atoms with Crippen molar-refractivity contribution in [1.29, 1.82) is 0 Å². The molecule has 2 amide bonds. The van der Waals surface area contributed by atoms with Gasteiger partial charge in [0.1, 0.15) is 17.5 Å². The second-order valence-electron chi connectivity index (χ2n) is 8.66. The largest absolute Gasteiger partial charge is 0.496 e. The fourth-order valence-corrected chi connectivity index (χ4v) is 4.08. The molecular weight excluding hydrogens is 501 g/mol. The van der Waals surface area contributed by atoms with Crippen LogP contribution in [0.2, 0.25) is 10.0 Å². The van der Waals surface area contributed by atoms with Crippen LogP contribution >= 0.6 is 23.2 Å². The van der Waals surface area contributed by atoms with E-state index in [2.05, 4.69) is 15.8 Å². The van der Waals surface area contributed by atoms with Gasteiger partial charge in [-0.15, -0.1) is 0 Å². The number of rotatable bonds is 10. The molecule has 0 aliphatic carbocycles. The molecule has 7 nitrogen and oxygen atoms in total. The summed E-state index contributed by atoms with van der Waals surface area (Å²) >= 11 is 12.1. The highest BCUT2D eigenvalue weighted by Crippen LogP contribution is 2.28. The second-order valence-corrected chi connectivity index (χ2v) is 9.51. The zero-order valence-electron chi connectivity index (χ0n) is 20.5. The average molecular weight is 530 g/mol. The van der Waals surface area contributed by atoms with Crippen molar-refractivity contribution in [3.63, 3.8) is 0 Å². The molecule has 9 heteroatoms. The number of nitrogens with zero attached hydrogens (tertiary/aromatic N) is 1. The van der Waals surface area contributed by atoms with Crippen LogP contribution in [0.1, 0.15) is 32.8 Å². The molecule has 0 aliphatic rings. The summed E-state index contributed by atoms with van der Waals surface area (Å²) in [7, 11) is 1.58. The summed E-state index contributed by atoms with van der Waals surface area (Å²) in [4.78, 5) is 25.8. The van der Waals surface area contributed by atoms with Crippen LogP contribution in [0.25, 0.3) is 10.8 Å². The molecule has 3 aromatic carbocycles. The van der Waals surface area contributed by atoms with Crippen molar-refractivity contribution in [2.24, 2.45) is 11.0 Å². The number of hydrazone groups is 1. The molecule has 0 unspecified atom stereocenters. The summed E-state index contributed by atoms with van der Waals surface area (Å²) in [5, 5.41) is 9.61. The number of fused-ring (bicyclic) bond motifs is 1. The Labute approximate surface area is 220 Å². The van der Waals surface area contributed by atoms with Gasteiger partial charge in [0.25, 0.3) is 11.8 Å². The number of ether oxygens (including phenoxy) is 2. The minimum Gasteiger partial charge on any atom is -0.496 e. The van der Waals surface area contributed by atoms with Gasteiger partial charge in [-0.05, 0) is 54.3 Å². The van der Waals surface area contributed by atoms with Crippen molar-refractivity contribution in [1.82, 2.24) is 10.7 Å². The van der Waals surface area contributed by atoms with Gasteiger partial charge in [0.2, 0.25) is 0 Å². The van der Waals surface area contributed by atoms with Crippen molar-refractivity contribution in [3.8, 4) is 11.5 Å². The maximum Gasteiger partial charge on any atom is 0.262 e. The van der Waals surface area contributed by atoms with Gasteiger partial charge < -0.3 is 14.8 Å². The van der Waals surface area contributed by atoms with Crippen LogP contribution in [0.15, 0.2) is 59.7 Å². The van der Waals surface area contributed by atoms with E-state index in [9.17, 15) is 9.59 Å². The van der Waals surface area contributed by atoms with Gasteiger partial charge in [-0.2, -0.15) is 5.10 Å². The molecule has 2 atom stereocenters. The zero-order chi connectivity index (χ0) is 26.2. The lowest BCUT2D eigenvalue weighted by Crippen LogP contribution is -2.49. The smallest absolute Gasteiger partial charge is 0.262 e. The highest BCUT2D eigenvalue weighted by atomic mass is 35.5. The van der Waals surface area contributed by atoms with Crippen molar-refractivity contribution in [3.05, 3.63) is 70.2 Å². The van der Waals surface area contributed by atoms with E-state index in [4.69, 9.17) is 32.7 Å². The third-order valence-corrected chi connectivity index (χ3v) is 5.96. The molecule has 0 heterocycles. The highest BCUT2D eigenvalue weighted by Gasteiger charge is 2.25. The Kier molecular flexibility index (Phi) is 9.56. The summed E-state index contributed by atoms with van der Waals surface area (Å²) in [6, 6.07) is 15.5. The molecule has 0 aliphatic heterocycles. The second kappa shape index (κ2) is 12.6. The zero-order valence-corrected chi connectivity index (χ0v) is 22.1. The van der Waals surface area contributed by atoms with E-state index in [1.807, 2.05) is 50.2 Å². The number of hydrogen-bond donors (Lipinski definition) is 2. The lowest BCUT2D eigenvalue weighted by atomic mass is 10.0. The SMILES string of the molecule is COc1ccc2ccccc2c1/C=N\NC(=O)[C@H](CC(C)C)NC(=O)[C@@H](C)Oc1ccc(Cl)cc1Cl. The number of carbonyl (C=O) groups excluding carboxylic acids is 2. The monoisotopic (exact) mass is 529 g/mol. The summed E-state index contributed by atoms with van der Waals surface area (Å²) in [5.74, 6) is 0.198. The number of nitrogens with one attached hydrogen (secondary N) is 2. The van der Waals surface area contributed by atoms with Gasteiger partial charge in [-0.3, -0.25) is 9.59 Å². The van der Waals surface area contributed by atoms with Crippen LogP contribution in [-0.2, 0) is 9.59 Å². The first-order valence-electron chi connectivity index (χ1n) is 11.5. The number of amides is 2. The molecule has 3 aromatic rings. The first kappa shape index (κ1) is 27.3. The van der Waals surface area contributed by atoms with Gasteiger partial charge in [0.05, 0.1) is 18.3 Å². The van der Waals surface area contributed by atoms with E-state index >= 15 is 0 Å². The Balaban J connectivity index is 1.70. The van der Waals surface area contributed by atoms with Gasteiger partial charge in [0.15, 0.2) is 6.10 Å². The van der Waals surface area contributed by atoms with Crippen LogP contribution in [0.3, 0.4) is 0 Å². The summed E-state index contributed by atoms with van der Waals surface area (Å²) in [5.41, 5.74) is 3.28. The Hall–Kier alpha value is -3.29. The van der Waals surface area contributed by atoms with Crippen LogP contribution in [0, 0.1) is 5.92 Å². The molecule has 36 heavy (non-hydrogen) atoms. The van der Waals surface area contributed by atoms with Crippen molar-refractivity contribution in [2.45, 2.75) is 39.3 Å².